The van der Waals surface area contributed by atoms with Crippen molar-refractivity contribution in [3.8, 4) is 0 Å². The summed E-state index contributed by atoms with van der Waals surface area (Å²) in [6, 6.07) is 3.44. The van der Waals surface area contributed by atoms with Gasteiger partial charge in [0.25, 0.3) is 0 Å². The predicted molar refractivity (Wildman–Crippen MR) is 61.7 cm³/mol. The first kappa shape index (κ1) is 12.6. The van der Waals surface area contributed by atoms with Crippen molar-refractivity contribution >= 4 is 5.91 Å². The van der Waals surface area contributed by atoms with Gasteiger partial charge in [0.05, 0.1) is 12.5 Å². The number of pyridine rings is 1. The van der Waals surface area contributed by atoms with Crippen LogP contribution in [0.1, 0.15) is 31.9 Å². The van der Waals surface area contributed by atoms with Crippen LogP contribution in [0.15, 0.2) is 24.5 Å². The van der Waals surface area contributed by atoms with E-state index in [1.165, 1.54) is 0 Å². The molecule has 0 aliphatic carbocycles. The highest BCUT2D eigenvalue weighted by Crippen LogP contribution is 2.16. The molecule has 4 heteroatoms. The maximum absolute atomic E-state index is 11.7. The van der Waals surface area contributed by atoms with E-state index in [1.807, 2.05) is 13.8 Å². The smallest absolute Gasteiger partial charge is 0.225 e. The Balaban J connectivity index is 2.58. The first-order valence-corrected chi connectivity index (χ1v) is 5.54. The zero-order chi connectivity index (χ0) is 12.0. The molecule has 1 heterocycles. The number of carbonyl (C=O) groups excluding carboxylic acids is 1. The van der Waals surface area contributed by atoms with Gasteiger partial charge in [-0.1, -0.05) is 0 Å². The third-order valence-corrected chi connectivity index (χ3v) is 2.57. The molecule has 0 aliphatic heterocycles. The lowest BCUT2D eigenvalue weighted by Gasteiger charge is -2.20. The minimum atomic E-state index is -0.740. The predicted octanol–water partition coefficient (Wildman–Crippen LogP) is 1.37. The molecule has 4 nitrogen and oxygen atoms in total. The van der Waals surface area contributed by atoms with E-state index in [1.54, 1.807) is 29.4 Å². The molecule has 0 saturated carbocycles. The molecule has 0 aromatic carbocycles. The van der Waals surface area contributed by atoms with Gasteiger partial charge < -0.3 is 10.0 Å². The van der Waals surface area contributed by atoms with Gasteiger partial charge in [-0.2, -0.15) is 0 Å². The molecule has 88 valence electrons. The highest BCUT2D eigenvalue weighted by atomic mass is 16.3. The summed E-state index contributed by atoms with van der Waals surface area (Å²) in [5, 5.41) is 9.86. The summed E-state index contributed by atoms with van der Waals surface area (Å²) in [6.45, 7) is 5.22. The number of hydrogen-bond acceptors (Lipinski definition) is 3. The van der Waals surface area contributed by atoms with Gasteiger partial charge in [-0.3, -0.25) is 9.78 Å². The molecular formula is C12H18N2O2. The number of aromatic nitrogens is 1. The molecule has 0 saturated heterocycles. The Kier molecular flexibility index (Phi) is 4.92. The minimum absolute atomic E-state index is 0.0192. The zero-order valence-corrected chi connectivity index (χ0v) is 9.76. The molecule has 0 aliphatic rings. The molecule has 0 bridgehead atoms. The largest absolute Gasteiger partial charge is 0.388 e. The Morgan fingerprint density at radius 2 is 1.94 bits per heavy atom. The van der Waals surface area contributed by atoms with E-state index in [2.05, 4.69) is 4.98 Å². The second-order valence-corrected chi connectivity index (χ2v) is 3.57. The average Bonchev–Trinajstić information content (AvgIpc) is 2.31. The monoisotopic (exact) mass is 222 g/mol. The van der Waals surface area contributed by atoms with Crippen LogP contribution in [-0.2, 0) is 4.79 Å². The number of aliphatic hydroxyl groups excluding tert-OH is 1. The number of carbonyl (C=O) groups is 1. The summed E-state index contributed by atoms with van der Waals surface area (Å²) in [7, 11) is 0. The van der Waals surface area contributed by atoms with Crippen LogP contribution in [0.3, 0.4) is 0 Å². The van der Waals surface area contributed by atoms with Crippen LogP contribution in [0, 0.1) is 0 Å². The second kappa shape index (κ2) is 6.23. The summed E-state index contributed by atoms with van der Waals surface area (Å²) < 4.78 is 0. The van der Waals surface area contributed by atoms with E-state index in [0.717, 1.165) is 5.56 Å². The van der Waals surface area contributed by atoms with E-state index in [4.69, 9.17) is 0 Å². The fourth-order valence-corrected chi connectivity index (χ4v) is 1.57. The normalized spacial score (nSPS) is 12.2. The van der Waals surface area contributed by atoms with Crippen molar-refractivity contribution in [2.45, 2.75) is 26.4 Å². The van der Waals surface area contributed by atoms with Crippen molar-refractivity contribution in [3.05, 3.63) is 30.1 Å². The summed E-state index contributed by atoms with van der Waals surface area (Å²) in [5.41, 5.74) is 0.732. The number of amides is 1. The average molecular weight is 222 g/mol. The molecule has 1 unspecified atom stereocenters. The van der Waals surface area contributed by atoms with E-state index in [-0.39, 0.29) is 12.3 Å². The van der Waals surface area contributed by atoms with Crippen LogP contribution in [0.2, 0.25) is 0 Å². The highest BCUT2D eigenvalue weighted by Gasteiger charge is 2.16. The van der Waals surface area contributed by atoms with Crippen molar-refractivity contribution in [1.82, 2.24) is 9.88 Å². The number of rotatable bonds is 5. The topological polar surface area (TPSA) is 53.4 Å². The van der Waals surface area contributed by atoms with Gasteiger partial charge in [0.2, 0.25) is 5.91 Å². The minimum Gasteiger partial charge on any atom is -0.388 e. The molecule has 1 atom stereocenters. The Morgan fingerprint density at radius 3 is 2.44 bits per heavy atom. The Morgan fingerprint density at radius 1 is 1.38 bits per heavy atom. The fourth-order valence-electron chi connectivity index (χ4n) is 1.57. The molecular weight excluding hydrogens is 204 g/mol. The summed E-state index contributed by atoms with van der Waals surface area (Å²) in [4.78, 5) is 17.3. The van der Waals surface area contributed by atoms with Crippen LogP contribution in [0.25, 0.3) is 0 Å². The third-order valence-electron chi connectivity index (χ3n) is 2.57. The quantitative estimate of drug-likeness (QED) is 0.818. The summed E-state index contributed by atoms with van der Waals surface area (Å²) >= 11 is 0. The van der Waals surface area contributed by atoms with Gasteiger partial charge in [-0.05, 0) is 31.5 Å². The SMILES string of the molecule is CCN(CC)C(=O)CC(O)c1ccncc1. The molecule has 1 rings (SSSR count). The molecule has 0 spiro atoms. The third kappa shape index (κ3) is 3.31. The molecule has 1 aromatic heterocycles. The lowest BCUT2D eigenvalue weighted by Crippen LogP contribution is -2.31. The van der Waals surface area contributed by atoms with Crippen LogP contribution in [0.4, 0.5) is 0 Å². The lowest BCUT2D eigenvalue weighted by atomic mass is 10.1. The van der Waals surface area contributed by atoms with Crippen LogP contribution in [0.5, 0.6) is 0 Å². The first-order chi connectivity index (χ1) is 7.69. The highest BCUT2D eigenvalue weighted by molar-refractivity contribution is 5.76. The van der Waals surface area contributed by atoms with Gasteiger partial charge in [0.1, 0.15) is 0 Å². The molecule has 16 heavy (non-hydrogen) atoms. The number of hydrogen-bond donors (Lipinski definition) is 1. The van der Waals surface area contributed by atoms with E-state index < -0.39 is 6.10 Å². The van der Waals surface area contributed by atoms with E-state index >= 15 is 0 Å². The summed E-state index contributed by atoms with van der Waals surface area (Å²) in [5.74, 6) is -0.0192. The molecule has 0 radical (unpaired) electrons. The van der Waals surface area contributed by atoms with Crippen LogP contribution >= 0.6 is 0 Å². The van der Waals surface area contributed by atoms with Crippen molar-refractivity contribution in [3.63, 3.8) is 0 Å². The summed E-state index contributed by atoms with van der Waals surface area (Å²) in [6.07, 6.45) is 2.61. The van der Waals surface area contributed by atoms with Gasteiger partial charge in [0.15, 0.2) is 0 Å². The van der Waals surface area contributed by atoms with Crippen molar-refractivity contribution < 1.29 is 9.90 Å². The van der Waals surface area contributed by atoms with Crippen molar-refractivity contribution in [1.29, 1.82) is 0 Å². The van der Waals surface area contributed by atoms with Gasteiger partial charge in [-0.15, -0.1) is 0 Å². The van der Waals surface area contributed by atoms with Gasteiger partial charge >= 0.3 is 0 Å². The molecule has 0 fully saturated rings. The Bertz CT molecular complexity index is 323. The van der Waals surface area contributed by atoms with Gasteiger partial charge in [-0.25, -0.2) is 0 Å². The zero-order valence-electron chi connectivity index (χ0n) is 9.76. The first-order valence-electron chi connectivity index (χ1n) is 5.54. The maximum Gasteiger partial charge on any atom is 0.225 e. The van der Waals surface area contributed by atoms with Crippen LogP contribution < -0.4 is 0 Å². The van der Waals surface area contributed by atoms with E-state index in [9.17, 15) is 9.90 Å². The number of aliphatic hydroxyl groups is 1. The molecule has 1 N–H and O–H groups in total. The molecule has 1 aromatic rings. The standard InChI is InChI=1S/C12H18N2O2/c1-3-14(4-2)12(16)9-11(15)10-5-7-13-8-6-10/h5-8,11,15H,3-4,9H2,1-2H3. The Hall–Kier alpha value is -1.42. The lowest BCUT2D eigenvalue weighted by molar-refractivity contribution is -0.132. The maximum atomic E-state index is 11.7. The molecule has 1 amide bonds. The van der Waals surface area contributed by atoms with Crippen LogP contribution in [-0.4, -0.2) is 34.0 Å². The van der Waals surface area contributed by atoms with Crippen molar-refractivity contribution in [2.75, 3.05) is 13.1 Å². The Labute approximate surface area is 95.9 Å². The second-order valence-electron chi connectivity index (χ2n) is 3.57. The number of nitrogens with zero attached hydrogens (tertiary/aromatic N) is 2. The van der Waals surface area contributed by atoms with Gasteiger partial charge in [0, 0.05) is 25.5 Å². The van der Waals surface area contributed by atoms with E-state index in [0.29, 0.717) is 13.1 Å². The van der Waals surface area contributed by atoms with Crippen molar-refractivity contribution in [2.24, 2.45) is 0 Å². The fraction of sp³-hybridized carbons (Fsp3) is 0.500.